The first kappa shape index (κ1) is 16.8. The summed E-state index contributed by atoms with van der Waals surface area (Å²) in [4.78, 5) is 14.6. The molecule has 2 unspecified atom stereocenters. The van der Waals surface area contributed by atoms with Crippen molar-refractivity contribution in [1.82, 2.24) is 10.2 Å². The number of nitrogens with one attached hydrogen (secondary N) is 1. The minimum atomic E-state index is 0.201. The van der Waals surface area contributed by atoms with Crippen LogP contribution in [0.2, 0.25) is 0 Å². The van der Waals surface area contributed by atoms with E-state index in [1.807, 2.05) is 0 Å². The molecule has 21 heavy (non-hydrogen) atoms. The highest BCUT2D eigenvalue weighted by atomic mass is 16.2. The second kappa shape index (κ2) is 7.10. The fraction of sp³-hybridized carbons (Fsp3) is 0.941. The van der Waals surface area contributed by atoms with Crippen molar-refractivity contribution < 1.29 is 4.79 Å². The van der Waals surface area contributed by atoms with E-state index in [0.717, 1.165) is 32.4 Å². The molecule has 2 fully saturated rings. The van der Waals surface area contributed by atoms with Crippen molar-refractivity contribution in [3.63, 3.8) is 0 Å². The second-order valence-corrected chi connectivity index (χ2v) is 8.04. The van der Waals surface area contributed by atoms with Gasteiger partial charge in [-0.3, -0.25) is 9.69 Å². The molecule has 2 rings (SSSR count). The summed E-state index contributed by atoms with van der Waals surface area (Å²) in [5, 5.41) is 3.32. The van der Waals surface area contributed by atoms with Gasteiger partial charge in [-0.1, -0.05) is 33.6 Å². The summed E-state index contributed by atoms with van der Waals surface area (Å²) in [5.74, 6) is 0.802. The van der Waals surface area contributed by atoms with Crippen molar-refractivity contribution in [1.29, 1.82) is 0 Å². The van der Waals surface area contributed by atoms with E-state index < -0.39 is 0 Å². The number of nitrogens with two attached hydrogens (primary N) is 1. The van der Waals surface area contributed by atoms with Crippen LogP contribution in [0.4, 0.5) is 0 Å². The first-order valence-electron chi connectivity index (χ1n) is 8.63. The van der Waals surface area contributed by atoms with E-state index in [0.29, 0.717) is 24.5 Å². The number of rotatable bonds is 3. The Bertz CT molecular complexity index is 342. The molecule has 0 aromatic carbocycles. The summed E-state index contributed by atoms with van der Waals surface area (Å²) in [6.07, 6.45) is 6.96. The van der Waals surface area contributed by atoms with Crippen molar-refractivity contribution in [3.05, 3.63) is 0 Å². The van der Waals surface area contributed by atoms with Crippen LogP contribution in [0, 0.1) is 11.3 Å². The van der Waals surface area contributed by atoms with Crippen LogP contribution in [0.5, 0.6) is 0 Å². The highest BCUT2D eigenvalue weighted by Crippen LogP contribution is 2.37. The summed E-state index contributed by atoms with van der Waals surface area (Å²) >= 11 is 0. The monoisotopic (exact) mass is 295 g/mol. The van der Waals surface area contributed by atoms with Gasteiger partial charge in [0.1, 0.15) is 0 Å². The molecule has 4 heteroatoms. The zero-order chi connectivity index (χ0) is 15.5. The first-order valence-corrected chi connectivity index (χ1v) is 8.63. The molecule has 0 spiro atoms. The van der Waals surface area contributed by atoms with Crippen LogP contribution < -0.4 is 11.1 Å². The third-order valence-corrected chi connectivity index (χ3v) is 5.22. The van der Waals surface area contributed by atoms with Crippen LogP contribution in [0.25, 0.3) is 0 Å². The highest BCUT2D eigenvalue weighted by molar-refractivity contribution is 5.78. The van der Waals surface area contributed by atoms with Gasteiger partial charge in [0.15, 0.2) is 0 Å². The number of amides is 1. The minimum absolute atomic E-state index is 0.201. The van der Waals surface area contributed by atoms with Crippen LogP contribution in [0.3, 0.4) is 0 Å². The number of carbonyl (C=O) groups is 1. The maximum absolute atomic E-state index is 12.3. The maximum Gasteiger partial charge on any atom is 0.234 e. The standard InChI is InChI=1S/C17H33N3O/c1-17(2,3)14-6-4-5-7-15(14)19-16(21)12-20-10-8-13(18)9-11-20/h13-15H,4-12,18H2,1-3H3,(H,19,21). The normalized spacial score (nSPS) is 29.3. The molecular formula is C17H33N3O. The summed E-state index contributed by atoms with van der Waals surface area (Å²) in [6.45, 7) is 9.36. The molecule has 0 radical (unpaired) electrons. The Morgan fingerprint density at radius 3 is 2.38 bits per heavy atom. The smallest absolute Gasteiger partial charge is 0.234 e. The molecule has 1 aliphatic heterocycles. The van der Waals surface area contributed by atoms with E-state index in [4.69, 9.17) is 5.73 Å². The van der Waals surface area contributed by atoms with Crippen LogP contribution in [-0.2, 0) is 4.79 Å². The Morgan fingerprint density at radius 2 is 1.76 bits per heavy atom. The molecule has 1 saturated carbocycles. The lowest BCUT2D eigenvalue weighted by Crippen LogP contribution is -2.50. The van der Waals surface area contributed by atoms with E-state index in [1.54, 1.807) is 0 Å². The lowest BCUT2D eigenvalue weighted by atomic mass is 9.69. The Labute approximate surface area is 129 Å². The van der Waals surface area contributed by atoms with Crippen molar-refractivity contribution in [2.24, 2.45) is 17.1 Å². The molecule has 0 bridgehead atoms. The lowest BCUT2D eigenvalue weighted by molar-refractivity contribution is -0.124. The van der Waals surface area contributed by atoms with Gasteiger partial charge in [0, 0.05) is 25.2 Å². The molecular weight excluding hydrogens is 262 g/mol. The molecule has 122 valence electrons. The van der Waals surface area contributed by atoms with E-state index in [9.17, 15) is 4.79 Å². The largest absolute Gasteiger partial charge is 0.352 e. The molecule has 1 aliphatic carbocycles. The van der Waals surface area contributed by atoms with Crippen LogP contribution in [0.15, 0.2) is 0 Å². The van der Waals surface area contributed by atoms with Crippen molar-refractivity contribution >= 4 is 5.91 Å². The number of nitrogens with zero attached hydrogens (tertiary/aromatic N) is 1. The Balaban J connectivity index is 1.83. The topological polar surface area (TPSA) is 58.4 Å². The van der Waals surface area contributed by atoms with Gasteiger partial charge in [-0.25, -0.2) is 0 Å². The zero-order valence-corrected chi connectivity index (χ0v) is 14.0. The predicted octanol–water partition coefficient (Wildman–Crippen LogP) is 2.13. The van der Waals surface area contributed by atoms with Crippen molar-refractivity contribution in [2.75, 3.05) is 19.6 Å². The number of hydrogen-bond acceptors (Lipinski definition) is 3. The van der Waals surface area contributed by atoms with Gasteiger partial charge in [0.2, 0.25) is 5.91 Å². The van der Waals surface area contributed by atoms with E-state index in [-0.39, 0.29) is 11.3 Å². The van der Waals surface area contributed by atoms with Gasteiger partial charge in [-0.05, 0) is 37.0 Å². The van der Waals surface area contributed by atoms with Gasteiger partial charge >= 0.3 is 0 Å². The third kappa shape index (κ3) is 4.96. The van der Waals surface area contributed by atoms with Crippen LogP contribution in [-0.4, -0.2) is 42.5 Å². The van der Waals surface area contributed by atoms with E-state index >= 15 is 0 Å². The van der Waals surface area contributed by atoms with Gasteiger partial charge < -0.3 is 11.1 Å². The number of likely N-dealkylation sites (tertiary alicyclic amines) is 1. The highest BCUT2D eigenvalue weighted by Gasteiger charge is 2.35. The van der Waals surface area contributed by atoms with Crippen LogP contribution >= 0.6 is 0 Å². The summed E-state index contributed by atoms with van der Waals surface area (Å²) in [5.41, 5.74) is 6.19. The van der Waals surface area contributed by atoms with Crippen molar-refractivity contribution in [2.45, 2.75) is 71.4 Å². The van der Waals surface area contributed by atoms with Crippen molar-refractivity contribution in [3.8, 4) is 0 Å². The molecule has 2 atom stereocenters. The maximum atomic E-state index is 12.3. The van der Waals surface area contributed by atoms with Gasteiger partial charge in [0.05, 0.1) is 6.54 Å². The predicted molar refractivity (Wildman–Crippen MR) is 87.0 cm³/mol. The van der Waals surface area contributed by atoms with Gasteiger partial charge in [-0.2, -0.15) is 0 Å². The Kier molecular flexibility index (Phi) is 5.67. The fourth-order valence-corrected chi connectivity index (χ4v) is 3.91. The molecule has 0 aromatic heterocycles. The molecule has 1 amide bonds. The van der Waals surface area contributed by atoms with E-state index in [2.05, 4.69) is 31.0 Å². The lowest BCUT2D eigenvalue weighted by Gasteiger charge is -2.41. The Hall–Kier alpha value is -0.610. The summed E-state index contributed by atoms with van der Waals surface area (Å²) in [7, 11) is 0. The number of piperidine rings is 1. The summed E-state index contributed by atoms with van der Waals surface area (Å²) in [6, 6.07) is 0.686. The number of hydrogen-bond donors (Lipinski definition) is 2. The first-order chi connectivity index (χ1) is 9.86. The third-order valence-electron chi connectivity index (χ3n) is 5.22. The zero-order valence-electron chi connectivity index (χ0n) is 14.0. The number of carbonyl (C=O) groups excluding carboxylic acids is 1. The molecule has 3 N–H and O–H groups in total. The average molecular weight is 295 g/mol. The van der Waals surface area contributed by atoms with Gasteiger partial charge in [-0.15, -0.1) is 0 Å². The quantitative estimate of drug-likeness (QED) is 0.838. The molecule has 0 aromatic rings. The minimum Gasteiger partial charge on any atom is -0.352 e. The van der Waals surface area contributed by atoms with Crippen LogP contribution in [0.1, 0.15) is 59.3 Å². The molecule has 4 nitrogen and oxygen atoms in total. The molecule has 2 aliphatic rings. The van der Waals surface area contributed by atoms with Gasteiger partial charge in [0.25, 0.3) is 0 Å². The fourth-order valence-electron chi connectivity index (χ4n) is 3.91. The summed E-state index contributed by atoms with van der Waals surface area (Å²) < 4.78 is 0. The average Bonchev–Trinajstić information content (AvgIpc) is 2.41. The SMILES string of the molecule is CC(C)(C)C1CCCCC1NC(=O)CN1CCC(N)CC1. The van der Waals surface area contributed by atoms with E-state index in [1.165, 1.54) is 19.3 Å². The Morgan fingerprint density at radius 1 is 1.14 bits per heavy atom. The molecule has 1 saturated heterocycles. The second-order valence-electron chi connectivity index (χ2n) is 8.04. The molecule has 1 heterocycles.